The molecule has 34 heavy (non-hydrogen) atoms. The van der Waals surface area contributed by atoms with Crippen molar-refractivity contribution < 1.29 is 14.3 Å². The first-order valence-corrected chi connectivity index (χ1v) is 12.8. The second kappa shape index (κ2) is 10.9. The summed E-state index contributed by atoms with van der Waals surface area (Å²) < 4.78 is 5.11. The number of aromatic amines is 1. The summed E-state index contributed by atoms with van der Waals surface area (Å²) in [4.78, 5) is 31.7. The Morgan fingerprint density at radius 2 is 2.03 bits per heavy atom. The lowest BCUT2D eigenvalue weighted by Crippen LogP contribution is -2.42. The zero-order chi connectivity index (χ0) is 24.2. The Balaban J connectivity index is 1.44. The van der Waals surface area contributed by atoms with Crippen LogP contribution in [-0.4, -0.2) is 41.5 Å². The minimum atomic E-state index is -0.269. The van der Waals surface area contributed by atoms with Crippen molar-refractivity contribution in [1.29, 1.82) is 0 Å². The SMILES string of the molecule is CCOC(=O)C1CCCN(C(=O)/C=C/c2ccc(Sc3ccc4[nH]c(C)cc4c3)c(Cl)c2Cl)C1. The summed E-state index contributed by atoms with van der Waals surface area (Å²) in [5.74, 6) is -0.665. The van der Waals surface area contributed by atoms with Gasteiger partial charge in [0.25, 0.3) is 0 Å². The number of nitrogens with one attached hydrogen (secondary N) is 1. The molecule has 1 N–H and O–H groups in total. The van der Waals surface area contributed by atoms with Gasteiger partial charge in [0, 0.05) is 45.6 Å². The maximum atomic E-state index is 12.7. The van der Waals surface area contributed by atoms with Crippen molar-refractivity contribution in [2.45, 2.75) is 36.5 Å². The lowest BCUT2D eigenvalue weighted by atomic mass is 9.98. The van der Waals surface area contributed by atoms with Crippen LogP contribution in [0.2, 0.25) is 10.0 Å². The number of benzene rings is 2. The number of likely N-dealkylation sites (tertiary alicyclic amines) is 1. The number of aromatic nitrogens is 1. The molecule has 0 bridgehead atoms. The lowest BCUT2D eigenvalue weighted by Gasteiger charge is -2.30. The van der Waals surface area contributed by atoms with Gasteiger partial charge in [-0.25, -0.2) is 0 Å². The molecule has 1 aliphatic rings. The van der Waals surface area contributed by atoms with Gasteiger partial charge in [-0.05, 0) is 68.7 Å². The van der Waals surface area contributed by atoms with Crippen LogP contribution in [0, 0.1) is 12.8 Å². The summed E-state index contributed by atoms with van der Waals surface area (Å²) in [5.41, 5.74) is 2.88. The molecule has 1 saturated heterocycles. The summed E-state index contributed by atoms with van der Waals surface area (Å²) >= 11 is 14.7. The van der Waals surface area contributed by atoms with Crippen LogP contribution in [0.1, 0.15) is 31.0 Å². The monoisotopic (exact) mass is 516 g/mol. The number of nitrogens with zero attached hydrogens (tertiary/aromatic N) is 1. The van der Waals surface area contributed by atoms with E-state index in [0.717, 1.165) is 39.2 Å². The van der Waals surface area contributed by atoms with Gasteiger partial charge in [0.15, 0.2) is 0 Å². The highest BCUT2D eigenvalue weighted by Gasteiger charge is 2.28. The van der Waals surface area contributed by atoms with Crippen molar-refractivity contribution >= 4 is 63.8 Å². The molecule has 2 aromatic carbocycles. The van der Waals surface area contributed by atoms with E-state index in [-0.39, 0.29) is 17.8 Å². The fourth-order valence-corrected chi connectivity index (χ4v) is 5.57. The van der Waals surface area contributed by atoms with Crippen LogP contribution in [0.15, 0.2) is 52.3 Å². The topological polar surface area (TPSA) is 62.4 Å². The Morgan fingerprint density at radius 3 is 2.82 bits per heavy atom. The van der Waals surface area contributed by atoms with E-state index in [4.69, 9.17) is 27.9 Å². The van der Waals surface area contributed by atoms with Crippen LogP contribution >= 0.6 is 35.0 Å². The van der Waals surface area contributed by atoms with Gasteiger partial charge in [-0.3, -0.25) is 9.59 Å². The van der Waals surface area contributed by atoms with Crippen LogP contribution in [0.25, 0.3) is 17.0 Å². The lowest BCUT2D eigenvalue weighted by molar-refractivity contribution is -0.150. The highest BCUT2D eigenvalue weighted by atomic mass is 35.5. The number of fused-ring (bicyclic) bond motifs is 1. The van der Waals surface area contributed by atoms with E-state index in [9.17, 15) is 9.59 Å². The molecule has 1 unspecified atom stereocenters. The smallest absolute Gasteiger partial charge is 0.310 e. The number of carbonyl (C=O) groups excluding carboxylic acids is 2. The Labute approximate surface area is 213 Å². The fraction of sp³-hybridized carbons (Fsp3) is 0.308. The molecule has 2 heterocycles. The van der Waals surface area contributed by atoms with Crippen LogP contribution in [0.5, 0.6) is 0 Å². The minimum absolute atomic E-state index is 0.158. The third-order valence-electron chi connectivity index (χ3n) is 5.79. The molecule has 0 aliphatic carbocycles. The average Bonchev–Trinajstić information content (AvgIpc) is 3.21. The Bertz CT molecular complexity index is 1250. The van der Waals surface area contributed by atoms with Gasteiger partial charge < -0.3 is 14.6 Å². The number of amides is 1. The third kappa shape index (κ3) is 5.62. The first-order valence-electron chi connectivity index (χ1n) is 11.2. The Kier molecular flexibility index (Phi) is 7.91. The van der Waals surface area contributed by atoms with Crippen LogP contribution < -0.4 is 0 Å². The Morgan fingerprint density at radius 1 is 1.21 bits per heavy atom. The number of hydrogen-bond acceptors (Lipinski definition) is 4. The summed E-state index contributed by atoms with van der Waals surface area (Å²) in [6, 6.07) is 12.1. The molecule has 4 rings (SSSR count). The molecule has 1 aliphatic heterocycles. The van der Waals surface area contributed by atoms with Gasteiger partial charge >= 0.3 is 5.97 Å². The highest BCUT2D eigenvalue weighted by molar-refractivity contribution is 7.99. The number of ether oxygens (including phenoxy) is 1. The minimum Gasteiger partial charge on any atom is -0.466 e. The van der Waals surface area contributed by atoms with Gasteiger partial charge in [-0.2, -0.15) is 0 Å². The largest absolute Gasteiger partial charge is 0.466 e. The number of esters is 1. The summed E-state index contributed by atoms with van der Waals surface area (Å²) in [5, 5.41) is 2.00. The summed E-state index contributed by atoms with van der Waals surface area (Å²) in [6.45, 7) is 5.15. The number of hydrogen-bond donors (Lipinski definition) is 1. The molecular formula is C26H26Cl2N2O3S. The van der Waals surface area contributed by atoms with E-state index in [1.54, 1.807) is 29.7 Å². The molecule has 5 nitrogen and oxygen atoms in total. The number of H-pyrrole nitrogens is 1. The molecular weight excluding hydrogens is 491 g/mol. The van der Waals surface area contributed by atoms with E-state index in [1.165, 1.54) is 6.08 Å². The second-order valence-corrected chi connectivity index (χ2v) is 10.2. The third-order valence-corrected chi connectivity index (χ3v) is 7.85. The van der Waals surface area contributed by atoms with Gasteiger partial charge in [0.1, 0.15) is 0 Å². The number of rotatable bonds is 6. The van der Waals surface area contributed by atoms with Crippen molar-refractivity contribution in [2.24, 2.45) is 5.92 Å². The van der Waals surface area contributed by atoms with Crippen molar-refractivity contribution in [3.05, 3.63) is 63.8 Å². The number of piperidine rings is 1. The summed E-state index contributed by atoms with van der Waals surface area (Å²) in [7, 11) is 0. The average molecular weight is 517 g/mol. The van der Waals surface area contributed by atoms with Gasteiger partial charge in [0.2, 0.25) is 5.91 Å². The van der Waals surface area contributed by atoms with Crippen molar-refractivity contribution in [1.82, 2.24) is 9.88 Å². The molecule has 1 fully saturated rings. The predicted molar refractivity (Wildman–Crippen MR) is 139 cm³/mol. The maximum absolute atomic E-state index is 12.7. The van der Waals surface area contributed by atoms with E-state index < -0.39 is 0 Å². The molecule has 1 amide bonds. The second-order valence-electron chi connectivity index (χ2n) is 8.29. The van der Waals surface area contributed by atoms with Gasteiger partial charge in [-0.15, -0.1) is 0 Å². The zero-order valence-corrected chi connectivity index (χ0v) is 21.4. The van der Waals surface area contributed by atoms with Crippen LogP contribution in [0.4, 0.5) is 0 Å². The first-order chi connectivity index (χ1) is 16.4. The molecule has 0 saturated carbocycles. The molecule has 1 atom stereocenters. The van der Waals surface area contributed by atoms with Gasteiger partial charge in [-0.1, -0.05) is 41.0 Å². The van der Waals surface area contributed by atoms with Gasteiger partial charge in [0.05, 0.1) is 22.6 Å². The molecule has 178 valence electrons. The molecule has 8 heteroatoms. The number of halogens is 2. The van der Waals surface area contributed by atoms with Crippen molar-refractivity contribution in [3.8, 4) is 0 Å². The molecule has 0 radical (unpaired) electrons. The van der Waals surface area contributed by atoms with E-state index in [0.29, 0.717) is 35.3 Å². The van der Waals surface area contributed by atoms with E-state index >= 15 is 0 Å². The predicted octanol–water partition coefficient (Wildman–Crippen LogP) is 6.75. The number of aryl methyl sites for hydroxylation is 1. The number of carbonyl (C=O) groups is 2. The molecule has 0 spiro atoms. The van der Waals surface area contributed by atoms with Crippen LogP contribution in [0.3, 0.4) is 0 Å². The van der Waals surface area contributed by atoms with Crippen LogP contribution in [-0.2, 0) is 14.3 Å². The zero-order valence-electron chi connectivity index (χ0n) is 19.1. The van der Waals surface area contributed by atoms with Crippen molar-refractivity contribution in [2.75, 3.05) is 19.7 Å². The quantitative estimate of drug-likeness (QED) is 0.290. The van der Waals surface area contributed by atoms with E-state index in [1.807, 2.05) is 25.1 Å². The Hall–Kier alpha value is -2.41. The van der Waals surface area contributed by atoms with E-state index in [2.05, 4.69) is 23.2 Å². The maximum Gasteiger partial charge on any atom is 0.310 e. The molecule has 3 aromatic rings. The first kappa shape index (κ1) is 24.7. The fourth-order valence-electron chi connectivity index (χ4n) is 4.10. The standard InChI is InChI=1S/C26H26Cl2N2O3S/c1-3-33-26(32)18-5-4-12-30(15-18)23(31)11-7-17-6-10-22(25(28)24(17)27)34-20-8-9-21-19(14-20)13-16(2)29-21/h6-11,13-14,18,29H,3-5,12,15H2,1-2H3/b11-7+. The molecule has 1 aromatic heterocycles. The normalized spacial score (nSPS) is 16.4. The van der Waals surface area contributed by atoms with Crippen molar-refractivity contribution in [3.63, 3.8) is 0 Å². The summed E-state index contributed by atoms with van der Waals surface area (Å²) in [6.07, 6.45) is 4.67. The highest BCUT2D eigenvalue weighted by Crippen LogP contribution is 2.40.